The first-order chi connectivity index (χ1) is 10.6. The largest absolute Gasteiger partial charge is 0.344 e. The van der Waals surface area contributed by atoms with Crippen LogP contribution in [0.3, 0.4) is 0 Å². The molecule has 1 fully saturated rings. The normalized spacial score (nSPS) is 13.1. The molecule has 0 amide bonds. The Kier molecular flexibility index (Phi) is 4.41. The molecule has 0 N–H and O–H groups in total. The van der Waals surface area contributed by atoms with Crippen molar-refractivity contribution >= 4 is 17.2 Å². The van der Waals surface area contributed by atoms with Crippen LogP contribution < -0.4 is 0 Å². The number of benzene rings is 1. The van der Waals surface area contributed by atoms with Gasteiger partial charge in [0.1, 0.15) is 23.8 Å². The summed E-state index contributed by atoms with van der Waals surface area (Å²) in [5.74, 6) is 0.888. The summed E-state index contributed by atoms with van der Waals surface area (Å²) in [6.07, 6.45) is 0. The first-order valence-corrected chi connectivity index (χ1v) is 6.66. The topological polar surface area (TPSA) is 90.2 Å². The van der Waals surface area contributed by atoms with Crippen LogP contribution in [-0.4, -0.2) is 42.9 Å². The van der Waals surface area contributed by atoms with Crippen molar-refractivity contribution in [3.63, 3.8) is 0 Å². The Hall–Kier alpha value is -3.30. The summed E-state index contributed by atoms with van der Waals surface area (Å²) in [6.45, 7) is 1.87. The van der Waals surface area contributed by atoms with Gasteiger partial charge in [0, 0.05) is 27.2 Å². The second-order valence-electron chi connectivity index (χ2n) is 4.89. The maximum Gasteiger partial charge on any atom is 0.201 e. The minimum absolute atomic E-state index is 0.0827. The zero-order valence-corrected chi connectivity index (χ0v) is 12.4. The molecule has 1 aromatic rings. The number of allylic oxidation sites excluding steroid dienone is 2. The predicted octanol–water partition coefficient (Wildman–Crippen LogP) is 1.88. The maximum atomic E-state index is 9.13. The number of guanidine groups is 1. The lowest BCUT2D eigenvalue weighted by molar-refractivity contribution is 0.553. The van der Waals surface area contributed by atoms with E-state index in [1.54, 1.807) is 36.4 Å². The van der Waals surface area contributed by atoms with Gasteiger partial charge in [-0.25, -0.2) is 4.99 Å². The van der Waals surface area contributed by atoms with Crippen molar-refractivity contribution in [3.05, 3.63) is 35.4 Å². The summed E-state index contributed by atoms with van der Waals surface area (Å²) in [6, 6.07) is 12.3. The second-order valence-corrected chi connectivity index (χ2v) is 4.89. The summed E-state index contributed by atoms with van der Waals surface area (Å²) in [5.41, 5.74) is 1.20. The fraction of sp³-hybridized carbons (Fsp3) is 0.250. The van der Waals surface area contributed by atoms with Crippen LogP contribution in [-0.2, 0) is 0 Å². The van der Waals surface area contributed by atoms with Crippen molar-refractivity contribution in [2.24, 2.45) is 4.99 Å². The molecule has 108 valence electrons. The summed E-state index contributed by atoms with van der Waals surface area (Å²) in [7, 11) is 3.97. The van der Waals surface area contributed by atoms with Crippen molar-refractivity contribution < 1.29 is 0 Å². The van der Waals surface area contributed by atoms with Gasteiger partial charge in [0.2, 0.25) is 5.96 Å². The van der Waals surface area contributed by atoms with Crippen molar-refractivity contribution in [1.29, 1.82) is 15.8 Å². The Labute approximate surface area is 129 Å². The summed E-state index contributed by atoms with van der Waals surface area (Å²) in [5, 5.41) is 26.9. The molecular formula is C16H14N6. The fourth-order valence-corrected chi connectivity index (χ4v) is 2.18. The van der Waals surface area contributed by atoms with Gasteiger partial charge in [0.15, 0.2) is 0 Å². The van der Waals surface area contributed by atoms with Crippen LogP contribution in [0.4, 0.5) is 5.69 Å². The van der Waals surface area contributed by atoms with Crippen LogP contribution in [0.1, 0.15) is 5.56 Å². The standard InChI is InChI=1S/C16H14N6/c1-21-7-8-22(2)16(21)20-14-5-3-12(4-6-14)15(11-19)13(9-17)10-18/h3-6H,7-8H2,1-2H3. The number of hydrogen-bond acceptors (Lipinski definition) is 4. The predicted molar refractivity (Wildman–Crippen MR) is 82.6 cm³/mol. The van der Waals surface area contributed by atoms with E-state index in [0.29, 0.717) is 5.56 Å². The molecule has 0 radical (unpaired) electrons. The van der Waals surface area contributed by atoms with E-state index in [0.717, 1.165) is 24.7 Å². The number of rotatable bonds is 2. The number of likely N-dealkylation sites (N-methyl/N-ethyl adjacent to an activating group) is 2. The van der Waals surface area contributed by atoms with Crippen molar-refractivity contribution in [3.8, 4) is 18.2 Å². The lowest BCUT2D eigenvalue weighted by atomic mass is 10.0. The van der Waals surface area contributed by atoms with Gasteiger partial charge >= 0.3 is 0 Å². The molecule has 0 bridgehead atoms. The third kappa shape index (κ3) is 2.90. The van der Waals surface area contributed by atoms with E-state index < -0.39 is 0 Å². The number of nitrogens with zero attached hydrogens (tertiary/aromatic N) is 6. The third-order valence-electron chi connectivity index (χ3n) is 3.42. The highest BCUT2D eigenvalue weighted by Gasteiger charge is 2.19. The van der Waals surface area contributed by atoms with Gasteiger partial charge in [-0.3, -0.25) is 0 Å². The Morgan fingerprint density at radius 3 is 1.95 bits per heavy atom. The molecule has 0 aromatic heterocycles. The molecule has 0 unspecified atom stereocenters. The quantitative estimate of drug-likeness (QED) is 0.776. The van der Waals surface area contributed by atoms with Gasteiger partial charge in [-0.1, -0.05) is 12.1 Å². The monoisotopic (exact) mass is 290 g/mol. The van der Waals surface area contributed by atoms with Crippen molar-refractivity contribution in [1.82, 2.24) is 9.80 Å². The molecule has 6 heteroatoms. The van der Waals surface area contributed by atoms with Crippen molar-refractivity contribution in [2.45, 2.75) is 0 Å². The van der Waals surface area contributed by atoms with Gasteiger partial charge < -0.3 is 9.80 Å². The van der Waals surface area contributed by atoms with Crippen LogP contribution >= 0.6 is 0 Å². The van der Waals surface area contributed by atoms with Crippen LogP contribution in [0.25, 0.3) is 5.57 Å². The number of aliphatic imine (C=N–C) groups is 1. The van der Waals surface area contributed by atoms with Crippen LogP contribution in [0.15, 0.2) is 34.8 Å². The lowest BCUT2D eigenvalue weighted by Gasteiger charge is -2.15. The minimum atomic E-state index is -0.183. The van der Waals surface area contributed by atoms with Gasteiger partial charge in [0.05, 0.1) is 11.3 Å². The molecule has 6 nitrogen and oxygen atoms in total. The van der Waals surface area contributed by atoms with Crippen molar-refractivity contribution in [2.75, 3.05) is 27.2 Å². The van der Waals surface area contributed by atoms with E-state index in [4.69, 9.17) is 15.8 Å². The fourth-order valence-electron chi connectivity index (χ4n) is 2.18. The summed E-state index contributed by atoms with van der Waals surface area (Å²) < 4.78 is 0. The smallest absolute Gasteiger partial charge is 0.201 e. The molecule has 1 aromatic carbocycles. The molecule has 0 saturated carbocycles. The van der Waals surface area contributed by atoms with Crippen LogP contribution in [0, 0.1) is 34.0 Å². The Balaban J connectivity index is 2.35. The van der Waals surface area contributed by atoms with E-state index >= 15 is 0 Å². The zero-order valence-electron chi connectivity index (χ0n) is 12.4. The molecule has 1 aliphatic heterocycles. The van der Waals surface area contributed by atoms with E-state index in [1.807, 2.05) is 20.2 Å². The first-order valence-electron chi connectivity index (χ1n) is 6.66. The molecule has 0 aliphatic carbocycles. The average Bonchev–Trinajstić information content (AvgIpc) is 2.85. The van der Waals surface area contributed by atoms with Gasteiger partial charge in [-0.15, -0.1) is 0 Å². The maximum absolute atomic E-state index is 9.13. The Bertz CT molecular complexity index is 724. The molecular weight excluding hydrogens is 276 g/mol. The summed E-state index contributed by atoms with van der Waals surface area (Å²) >= 11 is 0. The molecule has 1 heterocycles. The van der Waals surface area contributed by atoms with E-state index in [9.17, 15) is 0 Å². The molecule has 0 spiro atoms. The van der Waals surface area contributed by atoms with Gasteiger partial charge in [-0.2, -0.15) is 15.8 Å². The number of nitriles is 3. The molecule has 2 rings (SSSR count). The SMILES string of the molecule is CN1CCN(C)C1=Nc1ccc(C(C#N)=C(C#N)C#N)cc1. The highest BCUT2D eigenvalue weighted by molar-refractivity contribution is 5.86. The van der Waals surface area contributed by atoms with E-state index in [-0.39, 0.29) is 11.1 Å². The average molecular weight is 290 g/mol. The number of hydrogen-bond donors (Lipinski definition) is 0. The summed E-state index contributed by atoms with van der Waals surface area (Å²) in [4.78, 5) is 8.71. The van der Waals surface area contributed by atoms with Gasteiger partial charge in [-0.05, 0) is 17.7 Å². The second kappa shape index (κ2) is 6.43. The van der Waals surface area contributed by atoms with Gasteiger partial charge in [0.25, 0.3) is 0 Å². The highest BCUT2D eigenvalue weighted by atomic mass is 15.4. The first kappa shape index (κ1) is 15.1. The minimum Gasteiger partial charge on any atom is -0.344 e. The Morgan fingerprint density at radius 2 is 1.50 bits per heavy atom. The Morgan fingerprint density at radius 1 is 0.955 bits per heavy atom. The van der Waals surface area contributed by atoms with E-state index in [1.165, 1.54) is 0 Å². The van der Waals surface area contributed by atoms with Crippen LogP contribution in [0.2, 0.25) is 0 Å². The molecule has 0 atom stereocenters. The molecule has 1 saturated heterocycles. The zero-order chi connectivity index (χ0) is 16.1. The molecule has 1 aliphatic rings. The lowest BCUT2D eigenvalue weighted by Crippen LogP contribution is -2.27. The highest BCUT2D eigenvalue weighted by Crippen LogP contribution is 2.22. The third-order valence-corrected chi connectivity index (χ3v) is 3.42. The molecule has 22 heavy (non-hydrogen) atoms. The van der Waals surface area contributed by atoms with E-state index in [2.05, 4.69) is 14.8 Å². The van der Waals surface area contributed by atoms with Crippen LogP contribution in [0.5, 0.6) is 0 Å².